The summed E-state index contributed by atoms with van der Waals surface area (Å²) in [4.78, 5) is 12.6. The first-order valence-corrected chi connectivity index (χ1v) is 10.2. The Kier molecular flexibility index (Phi) is 7.38. The Morgan fingerprint density at radius 2 is 1.78 bits per heavy atom. The topological polar surface area (TPSA) is 101 Å². The summed E-state index contributed by atoms with van der Waals surface area (Å²) in [5, 5.41) is 2.78. The maximum Gasteiger partial charge on any atom is 0.255 e. The van der Waals surface area contributed by atoms with E-state index in [0.717, 1.165) is 19.3 Å². The normalized spacial score (nSPS) is 13.4. The van der Waals surface area contributed by atoms with Gasteiger partial charge in [-0.1, -0.05) is 12.1 Å². The van der Waals surface area contributed by atoms with Crippen LogP contribution in [0.15, 0.2) is 47.4 Å². The molecule has 1 amide bonds. The number of carbonyl (C=O) groups is 1. The lowest BCUT2D eigenvalue weighted by Gasteiger charge is -2.16. The number of nitrogens with one attached hydrogen (secondary N) is 2. The first-order chi connectivity index (χ1) is 12.5. The SMILES string of the molecule is Cl.NCCNS(=O)(=O)c1cccc(NC(=O)c2ccc3c(c2)CCCC3)c1. The van der Waals surface area contributed by atoms with E-state index in [4.69, 9.17) is 5.73 Å². The van der Waals surface area contributed by atoms with Crippen LogP contribution in [-0.4, -0.2) is 27.4 Å². The number of rotatable bonds is 6. The molecule has 0 unspecified atom stereocenters. The zero-order valence-electron chi connectivity index (χ0n) is 14.9. The number of benzene rings is 2. The quantitative estimate of drug-likeness (QED) is 0.682. The molecular weight excluding hydrogens is 386 g/mol. The van der Waals surface area contributed by atoms with Crippen LogP contribution in [0.25, 0.3) is 0 Å². The molecule has 8 heteroatoms. The van der Waals surface area contributed by atoms with Crippen molar-refractivity contribution >= 4 is 34.0 Å². The smallest absolute Gasteiger partial charge is 0.255 e. The molecule has 0 aliphatic heterocycles. The van der Waals surface area contributed by atoms with Crippen LogP contribution in [0.4, 0.5) is 5.69 Å². The molecule has 0 saturated carbocycles. The fourth-order valence-corrected chi connectivity index (χ4v) is 4.19. The van der Waals surface area contributed by atoms with Crippen molar-refractivity contribution in [2.45, 2.75) is 30.6 Å². The van der Waals surface area contributed by atoms with Crippen LogP contribution >= 0.6 is 12.4 Å². The highest BCUT2D eigenvalue weighted by atomic mass is 35.5. The van der Waals surface area contributed by atoms with Crippen molar-refractivity contribution in [3.63, 3.8) is 0 Å². The van der Waals surface area contributed by atoms with Crippen molar-refractivity contribution in [3.05, 3.63) is 59.2 Å². The average Bonchev–Trinajstić information content (AvgIpc) is 2.66. The van der Waals surface area contributed by atoms with Gasteiger partial charge in [0.15, 0.2) is 0 Å². The summed E-state index contributed by atoms with van der Waals surface area (Å²) in [5.74, 6) is -0.247. The minimum absolute atomic E-state index is 0. The van der Waals surface area contributed by atoms with Gasteiger partial charge in [0.1, 0.15) is 0 Å². The van der Waals surface area contributed by atoms with Crippen LogP contribution in [0, 0.1) is 0 Å². The van der Waals surface area contributed by atoms with Gasteiger partial charge in [-0.3, -0.25) is 4.79 Å². The second kappa shape index (κ2) is 9.32. The van der Waals surface area contributed by atoms with Crippen molar-refractivity contribution in [2.24, 2.45) is 5.73 Å². The number of nitrogens with two attached hydrogens (primary N) is 1. The van der Waals surface area contributed by atoms with Gasteiger partial charge < -0.3 is 11.1 Å². The summed E-state index contributed by atoms with van der Waals surface area (Å²) in [5.41, 5.74) is 8.90. The highest BCUT2D eigenvalue weighted by molar-refractivity contribution is 7.89. The van der Waals surface area contributed by atoms with E-state index in [2.05, 4.69) is 10.0 Å². The minimum Gasteiger partial charge on any atom is -0.329 e. The lowest BCUT2D eigenvalue weighted by atomic mass is 9.90. The van der Waals surface area contributed by atoms with Crippen LogP contribution in [0.1, 0.15) is 34.3 Å². The molecule has 4 N–H and O–H groups in total. The second-order valence-electron chi connectivity index (χ2n) is 6.36. The largest absolute Gasteiger partial charge is 0.329 e. The number of carbonyl (C=O) groups excluding carboxylic acids is 1. The Bertz CT molecular complexity index is 916. The summed E-state index contributed by atoms with van der Waals surface area (Å²) in [7, 11) is -3.64. The highest BCUT2D eigenvalue weighted by Crippen LogP contribution is 2.23. The molecule has 0 fully saturated rings. The van der Waals surface area contributed by atoms with E-state index < -0.39 is 10.0 Å². The summed E-state index contributed by atoms with van der Waals surface area (Å²) in [6, 6.07) is 12.0. The maximum atomic E-state index is 12.5. The van der Waals surface area contributed by atoms with Gasteiger partial charge in [-0.2, -0.15) is 0 Å². The monoisotopic (exact) mass is 409 g/mol. The number of amides is 1. The van der Waals surface area contributed by atoms with Crippen LogP contribution in [0.2, 0.25) is 0 Å². The fraction of sp³-hybridized carbons (Fsp3) is 0.316. The number of anilines is 1. The second-order valence-corrected chi connectivity index (χ2v) is 8.13. The average molecular weight is 410 g/mol. The van der Waals surface area contributed by atoms with Gasteiger partial charge in [-0.15, -0.1) is 12.4 Å². The number of aryl methyl sites for hydroxylation is 2. The van der Waals surface area contributed by atoms with Crippen LogP contribution in [0.3, 0.4) is 0 Å². The zero-order chi connectivity index (χ0) is 18.6. The van der Waals surface area contributed by atoms with E-state index in [1.807, 2.05) is 18.2 Å². The molecule has 6 nitrogen and oxygen atoms in total. The standard InChI is InChI=1S/C19H23N3O3S.ClH/c20-10-11-21-26(24,25)18-7-3-6-17(13-18)22-19(23)16-9-8-14-4-1-2-5-15(14)12-16;/h3,6-9,12-13,21H,1-2,4-5,10-11,20H2,(H,22,23);1H. The maximum absolute atomic E-state index is 12.5. The van der Waals surface area contributed by atoms with Crippen molar-refractivity contribution in [3.8, 4) is 0 Å². The Labute approximate surface area is 166 Å². The molecule has 1 aliphatic carbocycles. The van der Waals surface area contributed by atoms with Crippen LogP contribution in [0.5, 0.6) is 0 Å². The number of sulfonamides is 1. The molecule has 146 valence electrons. The van der Waals surface area contributed by atoms with E-state index in [9.17, 15) is 13.2 Å². The van der Waals surface area contributed by atoms with E-state index >= 15 is 0 Å². The fourth-order valence-electron chi connectivity index (χ4n) is 3.10. The van der Waals surface area contributed by atoms with Gasteiger partial charge >= 0.3 is 0 Å². The molecule has 0 saturated heterocycles. The Morgan fingerprint density at radius 1 is 1.04 bits per heavy atom. The zero-order valence-corrected chi connectivity index (χ0v) is 16.5. The Balaban J connectivity index is 0.00000261. The van der Waals surface area contributed by atoms with Crippen molar-refractivity contribution in [2.75, 3.05) is 18.4 Å². The van der Waals surface area contributed by atoms with Gasteiger partial charge in [0, 0.05) is 24.3 Å². The van der Waals surface area contributed by atoms with Gasteiger partial charge in [-0.05, 0) is 67.1 Å². The summed E-state index contributed by atoms with van der Waals surface area (Å²) >= 11 is 0. The Morgan fingerprint density at radius 3 is 2.52 bits per heavy atom. The van der Waals surface area contributed by atoms with Crippen molar-refractivity contribution in [1.82, 2.24) is 4.72 Å². The molecule has 27 heavy (non-hydrogen) atoms. The molecule has 0 aromatic heterocycles. The lowest BCUT2D eigenvalue weighted by molar-refractivity contribution is 0.102. The summed E-state index contributed by atoms with van der Waals surface area (Å²) < 4.78 is 26.8. The predicted octanol–water partition coefficient (Wildman–Crippen LogP) is 2.48. The number of fused-ring (bicyclic) bond motifs is 1. The number of hydrogen-bond acceptors (Lipinski definition) is 4. The molecule has 0 bridgehead atoms. The Hall–Kier alpha value is -1.93. The predicted molar refractivity (Wildman–Crippen MR) is 109 cm³/mol. The van der Waals surface area contributed by atoms with Crippen LogP contribution < -0.4 is 15.8 Å². The van der Waals surface area contributed by atoms with E-state index in [1.54, 1.807) is 12.1 Å². The van der Waals surface area contributed by atoms with E-state index in [-0.39, 0.29) is 36.3 Å². The van der Waals surface area contributed by atoms with E-state index in [1.165, 1.54) is 29.7 Å². The minimum atomic E-state index is -3.64. The van der Waals surface area contributed by atoms with Gasteiger partial charge in [-0.25, -0.2) is 13.1 Å². The van der Waals surface area contributed by atoms with Crippen LogP contribution in [-0.2, 0) is 22.9 Å². The van der Waals surface area contributed by atoms with Gasteiger partial charge in [0.05, 0.1) is 4.90 Å². The number of halogens is 1. The third-order valence-electron chi connectivity index (χ3n) is 4.45. The van der Waals surface area contributed by atoms with Crippen molar-refractivity contribution < 1.29 is 13.2 Å². The van der Waals surface area contributed by atoms with Crippen molar-refractivity contribution in [1.29, 1.82) is 0 Å². The molecule has 0 radical (unpaired) electrons. The molecule has 0 spiro atoms. The first kappa shape index (κ1) is 21.4. The molecule has 3 rings (SSSR count). The third kappa shape index (κ3) is 5.29. The molecule has 2 aromatic carbocycles. The number of hydrogen-bond donors (Lipinski definition) is 3. The molecule has 1 aliphatic rings. The molecule has 0 heterocycles. The highest BCUT2D eigenvalue weighted by Gasteiger charge is 2.16. The molecular formula is C19H24ClN3O3S. The summed E-state index contributed by atoms with van der Waals surface area (Å²) in [6.45, 7) is 0.377. The van der Waals surface area contributed by atoms with Gasteiger partial charge in [0.2, 0.25) is 10.0 Å². The first-order valence-electron chi connectivity index (χ1n) is 8.72. The lowest BCUT2D eigenvalue weighted by Crippen LogP contribution is -2.29. The molecule has 0 atom stereocenters. The third-order valence-corrected chi connectivity index (χ3v) is 5.91. The van der Waals surface area contributed by atoms with Gasteiger partial charge in [0.25, 0.3) is 5.91 Å². The van der Waals surface area contributed by atoms with E-state index in [0.29, 0.717) is 11.3 Å². The molecule has 2 aromatic rings. The summed E-state index contributed by atoms with van der Waals surface area (Å²) in [6.07, 6.45) is 4.40.